The van der Waals surface area contributed by atoms with E-state index >= 15 is 0 Å². The Kier molecular flexibility index (Phi) is 6.21. The summed E-state index contributed by atoms with van der Waals surface area (Å²) in [5.74, 6) is 1.06. The lowest BCUT2D eigenvalue weighted by Crippen LogP contribution is -2.39. The van der Waals surface area contributed by atoms with Gasteiger partial charge in [-0.25, -0.2) is 4.98 Å². The third kappa shape index (κ3) is 4.81. The normalized spacial score (nSPS) is 16.1. The predicted octanol–water partition coefficient (Wildman–Crippen LogP) is 4.06. The molecule has 0 aliphatic heterocycles. The van der Waals surface area contributed by atoms with Gasteiger partial charge in [-0.15, -0.1) is 0 Å². The maximum absolute atomic E-state index is 12.6. The molecule has 0 spiro atoms. The van der Waals surface area contributed by atoms with Gasteiger partial charge in [0.25, 0.3) is 5.91 Å². The molecule has 5 nitrogen and oxygen atoms in total. The van der Waals surface area contributed by atoms with Crippen molar-refractivity contribution in [1.82, 2.24) is 15.3 Å². The Hall–Kier alpha value is -2.43. The summed E-state index contributed by atoms with van der Waals surface area (Å²) in [5.41, 5.74) is 2.33. The van der Waals surface area contributed by atoms with Crippen LogP contribution in [0.5, 0.6) is 5.88 Å². The van der Waals surface area contributed by atoms with Gasteiger partial charge in [-0.2, -0.15) is 0 Å². The molecule has 0 saturated heterocycles. The molecular weight excluding hydrogens is 326 g/mol. The standard InChI is InChI=1S/C21H27N3O2/c1-15(18-6-4-3-5-7-18)24-21(25)19-8-9-20(23-16(19)2)26-14-17-10-12-22-13-11-17/h8-13,15,18H,3-7,14H2,1-2H3,(H,24,25). The third-order valence-corrected chi connectivity index (χ3v) is 5.16. The van der Waals surface area contributed by atoms with E-state index in [1.807, 2.05) is 19.1 Å². The van der Waals surface area contributed by atoms with E-state index in [1.165, 1.54) is 32.1 Å². The average Bonchev–Trinajstić information content (AvgIpc) is 2.68. The van der Waals surface area contributed by atoms with Gasteiger partial charge in [0, 0.05) is 24.5 Å². The average molecular weight is 353 g/mol. The molecule has 1 aliphatic carbocycles. The first kappa shape index (κ1) is 18.4. The van der Waals surface area contributed by atoms with Crippen LogP contribution in [-0.2, 0) is 6.61 Å². The Balaban J connectivity index is 1.58. The van der Waals surface area contributed by atoms with Crippen molar-refractivity contribution in [3.8, 4) is 5.88 Å². The van der Waals surface area contributed by atoms with Crippen LogP contribution in [0, 0.1) is 12.8 Å². The number of carbonyl (C=O) groups excluding carboxylic acids is 1. The minimum atomic E-state index is -0.0474. The van der Waals surface area contributed by atoms with Gasteiger partial charge in [0.05, 0.1) is 11.3 Å². The molecule has 2 aromatic heterocycles. The highest BCUT2D eigenvalue weighted by atomic mass is 16.5. The van der Waals surface area contributed by atoms with Crippen molar-refractivity contribution < 1.29 is 9.53 Å². The Morgan fingerprint density at radius 3 is 2.62 bits per heavy atom. The lowest BCUT2D eigenvalue weighted by molar-refractivity contribution is 0.0918. The molecule has 1 N–H and O–H groups in total. The summed E-state index contributed by atoms with van der Waals surface area (Å²) in [7, 11) is 0. The molecule has 0 bridgehead atoms. The quantitative estimate of drug-likeness (QED) is 0.850. The fourth-order valence-electron chi connectivity index (χ4n) is 3.53. The Morgan fingerprint density at radius 1 is 1.19 bits per heavy atom. The lowest BCUT2D eigenvalue weighted by atomic mass is 9.84. The number of nitrogens with one attached hydrogen (secondary N) is 1. The Labute approximate surface area is 155 Å². The van der Waals surface area contributed by atoms with E-state index in [4.69, 9.17) is 4.74 Å². The van der Waals surface area contributed by atoms with Crippen molar-refractivity contribution >= 4 is 5.91 Å². The van der Waals surface area contributed by atoms with Crippen molar-refractivity contribution in [3.05, 3.63) is 53.5 Å². The van der Waals surface area contributed by atoms with Crippen LogP contribution in [-0.4, -0.2) is 21.9 Å². The van der Waals surface area contributed by atoms with Gasteiger partial charge in [0.1, 0.15) is 6.61 Å². The topological polar surface area (TPSA) is 64.1 Å². The third-order valence-electron chi connectivity index (χ3n) is 5.16. The molecule has 1 aliphatic rings. The summed E-state index contributed by atoms with van der Waals surface area (Å²) in [6.45, 7) is 4.39. The van der Waals surface area contributed by atoms with E-state index in [2.05, 4.69) is 22.2 Å². The van der Waals surface area contributed by atoms with Crippen LogP contribution in [0.3, 0.4) is 0 Å². The molecule has 2 aromatic rings. The fraction of sp³-hybridized carbons (Fsp3) is 0.476. The number of hydrogen-bond donors (Lipinski definition) is 1. The van der Waals surface area contributed by atoms with Crippen molar-refractivity contribution in [3.63, 3.8) is 0 Å². The van der Waals surface area contributed by atoms with Crippen LogP contribution < -0.4 is 10.1 Å². The Bertz CT molecular complexity index is 727. The highest BCUT2D eigenvalue weighted by molar-refractivity contribution is 5.95. The second kappa shape index (κ2) is 8.79. The first-order valence-corrected chi connectivity index (χ1v) is 9.43. The summed E-state index contributed by atoms with van der Waals surface area (Å²) in [5, 5.41) is 3.16. The molecule has 1 amide bonds. The van der Waals surface area contributed by atoms with Crippen LogP contribution in [0.4, 0.5) is 0 Å². The molecule has 1 unspecified atom stereocenters. The molecule has 1 fully saturated rings. The number of pyridine rings is 2. The Morgan fingerprint density at radius 2 is 1.92 bits per heavy atom. The number of amides is 1. The number of carbonyl (C=O) groups is 1. The number of aryl methyl sites for hydroxylation is 1. The van der Waals surface area contributed by atoms with E-state index in [0.29, 0.717) is 29.7 Å². The lowest BCUT2D eigenvalue weighted by Gasteiger charge is -2.28. The zero-order valence-corrected chi connectivity index (χ0v) is 15.6. The number of rotatable bonds is 6. The van der Waals surface area contributed by atoms with Gasteiger partial charge in [0.15, 0.2) is 0 Å². The van der Waals surface area contributed by atoms with Gasteiger partial charge in [-0.3, -0.25) is 9.78 Å². The van der Waals surface area contributed by atoms with Gasteiger partial charge >= 0.3 is 0 Å². The molecule has 0 aromatic carbocycles. The molecule has 1 atom stereocenters. The van der Waals surface area contributed by atoms with Crippen LogP contribution >= 0.6 is 0 Å². The molecule has 138 valence electrons. The first-order chi connectivity index (χ1) is 12.6. The van der Waals surface area contributed by atoms with Gasteiger partial charge in [-0.1, -0.05) is 19.3 Å². The number of nitrogens with zero attached hydrogens (tertiary/aromatic N) is 2. The first-order valence-electron chi connectivity index (χ1n) is 9.43. The predicted molar refractivity (Wildman–Crippen MR) is 101 cm³/mol. The molecule has 1 saturated carbocycles. The van der Waals surface area contributed by atoms with Gasteiger partial charge in [-0.05, 0) is 56.4 Å². The van der Waals surface area contributed by atoms with Crippen molar-refractivity contribution in [1.29, 1.82) is 0 Å². The van der Waals surface area contributed by atoms with Crippen molar-refractivity contribution in [2.45, 2.75) is 58.6 Å². The fourth-order valence-corrected chi connectivity index (χ4v) is 3.53. The minimum Gasteiger partial charge on any atom is -0.473 e. The minimum absolute atomic E-state index is 0.0474. The van der Waals surface area contributed by atoms with Crippen LogP contribution in [0.1, 0.15) is 60.6 Å². The number of hydrogen-bond acceptors (Lipinski definition) is 4. The summed E-state index contributed by atoms with van der Waals surface area (Å²) < 4.78 is 5.71. The molecular formula is C21H27N3O2. The largest absolute Gasteiger partial charge is 0.473 e. The highest BCUT2D eigenvalue weighted by Gasteiger charge is 2.22. The monoisotopic (exact) mass is 353 g/mol. The van der Waals surface area contributed by atoms with Crippen LogP contribution in [0.2, 0.25) is 0 Å². The maximum Gasteiger partial charge on any atom is 0.253 e. The van der Waals surface area contributed by atoms with Gasteiger partial charge < -0.3 is 10.1 Å². The zero-order chi connectivity index (χ0) is 18.4. The molecule has 5 heteroatoms. The van der Waals surface area contributed by atoms with E-state index in [0.717, 1.165) is 5.56 Å². The van der Waals surface area contributed by atoms with Crippen molar-refractivity contribution in [2.24, 2.45) is 5.92 Å². The smallest absolute Gasteiger partial charge is 0.253 e. The molecule has 0 radical (unpaired) electrons. The SMILES string of the molecule is Cc1nc(OCc2ccncc2)ccc1C(=O)NC(C)C1CCCCC1. The second-order valence-electron chi connectivity index (χ2n) is 7.09. The molecule has 26 heavy (non-hydrogen) atoms. The maximum atomic E-state index is 12.6. The van der Waals surface area contributed by atoms with E-state index in [1.54, 1.807) is 24.5 Å². The van der Waals surface area contributed by atoms with E-state index in [-0.39, 0.29) is 11.9 Å². The van der Waals surface area contributed by atoms with Crippen molar-refractivity contribution in [2.75, 3.05) is 0 Å². The second-order valence-corrected chi connectivity index (χ2v) is 7.09. The van der Waals surface area contributed by atoms with Crippen LogP contribution in [0.25, 0.3) is 0 Å². The summed E-state index contributed by atoms with van der Waals surface area (Å²) in [6, 6.07) is 7.56. The van der Waals surface area contributed by atoms with Crippen LogP contribution in [0.15, 0.2) is 36.7 Å². The number of ether oxygens (including phenoxy) is 1. The van der Waals surface area contributed by atoms with E-state index < -0.39 is 0 Å². The highest BCUT2D eigenvalue weighted by Crippen LogP contribution is 2.26. The number of aromatic nitrogens is 2. The summed E-state index contributed by atoms with van der Waals surface area (Å²) in [6.07, 6.45) is 9.75. The molecule has 2 heterocycles. The van der Waals surface area contributed by atoms with Gasteiger partial charge in [0.2, 0.25) is 5.88 Å². The summed E-state index contributed by atoms with van der Waals surface area (Å²) >= 11 is 0. The van der Waals surface area contributed by atoms with E-state index in [9.17, 15) is 4.79 Å². The zero-order valence-electron chi connectivity index (χ0n) is 15.6. The molecule has 3 rings (SSSR count). The summed E-state index contributed by atoms with van der Waals surface area (Å²) in [4.78, 5) is 21.0.